The maximum Gasteiger partial charge on any atom is 0.225 e. The Hall–Kier alpha value is -0.350. The zero-order valence-electron chi connectivity index (χ0n) is 8.53. The van der Waals surface area contributed by atoms with Gasteiger partial charge >= 0.3 is 0 Å². The van der Waals surface area contributed by atoms with Gasteiger partial charge in [0.1, 0.15) is 0 Å². The standard InChI is InChI=1S/C10H13BrClN3/c1-7-2-3-15(6-9(7)12)10-13-4-8(11)5-14-10/h4-5,7,9H,2-3,6H2,1H3. The van der Waals surface area contributed by atoms with Crippen LogP contribution in [0.4, 0.5) is 5.95 Å². The number of anilines is 1. The van der Waals surface area contributed by atoms with Crippen LogP contribution >= 0.6 is 27.5 Å². The Labute approximate surface area is 103 Å². The summed E-state index contributed by atoms with van der Waals surface area (Å²) in [5, 5.41) is 0.200. The molecule has 0 aliphatic carbocycles. The summed E-state index contributed by atoms with van der Waals surface area (Å²) in [5.74, 6) is 1.36. The number of nitrogens with zero attached hydrogens (tertiary/aromatic N) is 3. The molecule has 0 aromatic carbocycles. The van der Waals surface area contributed by atoms with Crippen LogP contribution in [-0.4, -0.2) is 28.4 Å². The molecule has 0 bridgehead atoms. The lowest BCUT2D eigenvalue weighted by atomic mass is 9.99. The Morgan fingerprint density at radius 2 is 2.13 bits per heavy atom. The first-order valence-corrected chi connectivity index (χ1v) is 6.26. The van der Waals surface area contributed by atoms with Crippen molar-refractivity contribution in [2.45, 2.75) is 18.7 Å². The first-order valence-electron chi connectivity index (χ1n) is 5.03. The molecule has 1 saturated heterocycles. The van der Waals surface area contributed by atoms with Crippen molar-refractivity contribution in [3.63, 3.8) is 0 Å². The lowest BCUT2D eigenvalue weighted by Crippen LogP contribution is -2.41. The second-order valence-corrected chi connectivity index (χ2v) is 5.41. The number of aromatic nitrogens is 2. The second-order valence-electron chi connectivity index (χ2n) is 3.93. The van der Waals surface area contributed by atoms with Gasteiger partial charge in [0.2, 0.25) is 5.95 Å². The van der Waals surface area contributed by atoms with Crippen LogP contribution in [0.2, 0.25) is 0 Å². The normalized spacial score (nSPS) is 26.7. The van der Waals surface area contributed by atoms with E-state index in [1.54, 1.807) is 12.4 Å². The zero-order valence-corrected chi connectivity index (χ0v) is 10.9. The number of piperidine rings is 1. The van der Waals surface area contributed by atoms with Crippen molar-refractivity contribution >= 4 is 33.5 Å². The van der Waals surface area contributed by atoms with E-state index >= 15 is 0 Å². The van der Waals surface area contributed by atoms with Crippen LogP contribution in [0.5, 0.6) is 0 Å². The van der Waals surface area contributed by atoms with Crippen molar-refractivity contribution in [3.8, 4) is 0 Å². The highest BCUT2D eigenvalue weighted by Crippen LogP contribution is 2.24. The van der Waals surface area contributed by atoms with Crippen LogP contribution in [-0.2, 0) is 0 Å². The first-order chi connectivity index (χ1) is 7.16. The summed E-state index contributed by atoms with van der Waals surface area (Å²) in [7, 11) is 0. The summed E-state index contributed by atoms with van der Waals surface area (Å²) in [4.78, 5) is 10.7. The van der Waals surface area contributed by atoms with Crippen molar-refractivity contribution in [3.05, 3.63) is 16.9 Å². The summed E-state index contributed by atoms with van der Waals surface area (Å²) in [6, 6.07) is 0. The van der Waals surface area contributed by atoms with Crippen LogP contribution in [0.1, 0.15) is 13.3 Å². The van der Waals surface area contributed by atoms with E-state index in [-0.39, 0.29) is 5.38 Å². The van der Waals surface area contributed by atoms with E-state index < -0.39 is 0 Å². The third-order valence-electron chi connectivity index (χ3n) is 2.76. The molecule has 5 heteroatoms. The van der Waals surface area contributed by atoms with Crippen LogP contribution in [0.15, 0.2) is 16.9 Å². The molecule has 1 aromatic rings. The summed E-state index contributed by atoms with van der Waals surface area (Å²) >= 11 is 9.56. The number of halogens is 2. The van der Waals surface area contributed by atoms with Gasteiger partial charge < -0.3 is 4.90 Å². The quantitative estimate of drug-likeness (QED) is 0.745. The van der Waals surface area contributed by atoms with Crippen LogP contribution < -0.4 is 4.90 Å². The minimum Gasteiger partial charge on any atom is -0.339 e. The predicted octanol–water partition coefficient (Wildman–Crippen LogP) is 2.69. The van der Waals surface area contributed by atoms with Gasteiger partial charge in [-0.1, -0.05) is 6.92 Å². The monoisotopic (exact) mass is 289 g/mol. The van der Waals surface area contributed by atoms with Gasteiger partial charge in [-0.25, -0.2) is 9.97 Å². The third-order valence-corrected chi connectivity index (χ3v) is 3.73. The Balaban J connectivity index is 2.08. The molecule has 1 aliphatic heterocycles. The highest BCUT2D eigenvalue weighted by Gasteiger charge is 2.25. The maximum atomic E-state index is 6.24. The number of rotatable bonds is 1. The molecule has 1 aliphatic rings. The lowest BCUT2D eigenvalue weighted by molar-refractivity contribution is 0.441. The van der Waals surface area contributed by atoms with Gasteiger partial charge in [0.25, 0.3) is 0 Å². The minimum atomic E-state index is 0.200. The van der Waals surface area contributed by atoms with Gasteiger partial charge in [0.15, 0.2) is 0 Å². The van der Waals surface area contributed by atoms with Gasteiger partial charge in [-0.05, 0) is 28.3 Å². The van der Waals surface area contributed by atoms with Crippen LogP contribution in [0.25, 0.3) is 0 Å². The second kappa shape index (κ2) is 4.66. The number of hydrogen-bond donors (Lipinski definition) is 0. The van der Waals surface area contributed by atoms with E-state index in [9.17, 15) is 0 Å². The lowest BCUT2D eigenvalue weighted by Gasteiger charge is -2.33. The average molecular weight is 291 g/mol. The topological polar surface area (TPSA) is 29.0 Å². The number of alkyl halides is 1. The molecule has 1 fully saturated rings. The Morgan fingerprint density at radius 3 is 2.73 bits per heavy atom. The fourth-order valence-corrected chi connectivity index (χ4v) is 2.17. The maximum absolute atomic E-state index is 6.24. The molecule has 2 heterocycles. The molecule has 15 heavy (non-hydrogen) atoms. The van der Waals surface area contributed by atoms with Crippen LogP contribution in [0.3, 0.4) is 0 Å². The molecule has 0 amide bonds. The minimum absolute atomic E-state index is 0.200. The van der Waals surface area contributed by atoms with Gasteiger partial charge in [0.05, 0.1) is 9.85 Å². The summed E-state index contributed by atoms with van der Waals surface area (Å²) in [6.07, 6.45) is 4.64. The fraction of sp³-hybridized carbons (Fsp3) is 0.600. The van der Waals surface area contributed by atoms with Gasteiger partial charge in [-0.15, -0.1) is 11.6 Å². The molecule has 0 N–H and O–H groups in total. The van der Waals surface area contributed by atoms with E-state index in [1.807, 2.05) is 0 Å². The van der Waals surface area contributed by atoms with E-state index in [0.717, 1.165) is 29.9 Å². The van der Waals surface area contributed by atoms with E-state index in [4.69, 9.17) is 11.6 Å². The molecular formula is C10H13BrClN3. The molecular weight excluding hydrogens is 277 g/mol. The number of hydrogen-bond acceptors (Lipinski definition) is 3. The zero-order chi connectivity index (χ0) is 10.8. The molecule has 3 nitrogen and oxygen atoms in total. The van der Waals surface area contributed by atoms with Gasteiger partial charge in [0, 0.05) is 25.5 Å². The third kappa shape index (κ3) is 2.61. The Morgan fingerprint density at radius 1 is 1.47 bits per heavy atom. The fourth-order valence-electron chi connectivity index (χ4n) is 1.67. The molecule has 2 rings (SSSR count). The van der Waals surface area contributed by atoms with Crippen molar-refractivity contribution in [1.82, 2.24) is 9.97 Å². The Kier molecular flexibility index (Phi) is 3.46. The molecule has 1 aromatic heterocycles. The van der Waals surface area contributed by atoms with Crippen LogP contribution in [0, 0.1) is 5.92 Å². The van der Waals surface area contributed by atoms with Crippen molar-refractivity contribution in [1.29, 1.82) is 0 Å². The van der Waals surface area contributed by atoms with E-state index in [2.05, 4.69) is 37.7 Å². The van der Waals surface area contributed by atoms with Gasteiger partial charge in [-0.2, -0.15) is 0 Å². The average Bonchev–Trinajstić information content (AvgIpc) is 2.23. The largest absolute Gasteiger partial charge is 0.339 e. The van der Waals surface area contributed by atoms with Gasteiger partial charge in [-0.3, -0.25) is 0 Å². The summed E-state index contributed by atoms with van der Waals surface area (Å²) in [5.41, 5.74) is 0. The molecule has 0 spiro atoms. The summed E-state index contributed by atoms with van der Waals surface area (Å²) in [6.45, 7) is 4.02. The molecule has 0 saturated carbocycles. The molecule has 2 atom stereocenters. The van der Waals surface area contributed by atoms with E-state index in [0.29, 0.717) is 5.92 Å². The van der Waals surface area contributed by atoms with Crippen molar-refractivity contribution in [2.24, 2.45) is 5.92 Å². The SMILES string of the molecule is CC1CCN(c2ncc(Br)cn2)CC1Cl. The first kappa shape index (κ1) is 11.1. The highest BCUT2D eigenvalue weighted by atomic mass is 79.9. The highest BCUT2D eigenvalue weighted by molar-refractivity contribution is 9.10. The Bertz CT molecular complexity index is 330. The molecule has 2 unspecified atom stereocenters. The van der Waals surface area contributed by atoms with Crippen molar-refractivity contribution in [2.75, 3.05) is 18.0 Å². The van der Waals surface area contributed by atoms with Crippen molar-refractivity contribution < 1.29 is 0 Å². The predicted molar refractivity (Wildman–Crippen MR) is 65.4 cm³/mol. The smallest absolute Gasteiger partial charge is 0.225 e. The van der Waals surface area contributed by atoms with E-state index in [1.165, 1.54) is 0 Å². The molecule has 0 radical (unpaired) electrons. The summed E-state index contributed by atoms with van der Waals surface area (Å²) < 4.78 is 0.902. The molecule has 82 valence electrons.